The zero-order chi connectivity index (χ0) is 12.8. The summed E-state index contributed by atoms with van der Waals surface area (Å²) < 4.78 is 12.8. The molecule has 0 spiro atoms. The predicted octanol–water partition coefficient (Wildman–Crippen LogP) is 3.40. The highest BCUT2D eigenvalue weighted by Gasteiger charge is 2.04. The van der Waals surface area contributed by atoms with Gasteiger partial charge in [0.15, 0.2) is 0 Å². The molecule has 0 saturated heterocycles. The standard InChI is InChI=1S/C13H15FN2S2/c1-17-7-6-15-8-12-9-18-13(16-12)10-2-4-11(14)5-3-10/h2-5,9,15H,6-8H2,1H3. The van der Waals surface area contributed by atoms with Gasteiger partial charge in [0.25, 0.3) is 0 Å². The fourth-order valence-corrected chi connectivity index (χ4v) is 2.68. The van der Waals surface area contributed by atoms with Gasteiger partial charge in [0, 0.05) is 29.8 Å². The van der Waals surface area contributed by atoms with E-state index in [2.05, 4.69) is 16.6 Å². The van der Waals surface area contributed by atoms with Crippen molar-refractivity contribution in [3.05, 3.63) is 41.2 Å². The molecule has 2 rings (SSSR count). The van der Waals surface area contributed by atoms with Crippen LogP contribution in [0.5, 0.6) is 0 Å². The van der Waals surface area contributed by atoms with Crippen LogP contribution in [0.25, 0.3) is 10.6 Å². The van der Waals surface area contributed by atoms with E-state index in [0.717, 1.165) is 35.1 Å². The van der Waals surface area contributed by atoms with Gasteiger partial charge in [-0.2, -0.15) is 11.8 Å². The molecule has 0 aliphatic rings. The van der Waals surface area contributed by atoms with Gasteiger partial charge in [-0.05, 0) is 30.5 Å². The number of thiazole rings is 1. The first-order chi connectivity index (χ1) is 8.79. The number of thioether (sulfide) groups is 1. The maximum Gasteiger partial charge on any atom is 0.123 e. The molecule has 1 N–H and O–H groups in total. The average molecular weight is 282 g/mol. The van der Waals surface area contributed by atoms with Gasteiger partial charge in [0.1, 0.15) is 10.8 Å². The van der Waals surface area contributed by atoms with Crippen LogP contribution in [0.3, 0.4) is 0 Å². The van der Waals surface area contributed by atoms with Gasteiger partial charge in [-0.3, -0.25) is 0 Å². The number of nitrogens with one attached hydrogen (secondary N) is 1. The molecular weight excluding hydrogens is 267 g/mol. The maximum atomic E-state index is 12.8. The number of halogens is 1. The van der Waals surface area contributed by atoms with Gasteiger partial charge in [0.2, 0.25) is 0 Å². The van der Waals surface area contributed by atoms with E-state index in [9.17, 15) is 4.39 Å². The van der Waals surface area contributed by atoms with E-state index in [1.165, 1.54) is 12.1 Å². The largest absolute Gasteiger partial charge is 0.310 e. The molecule has 0 aliphatic heterocycles. The molecule has 2 nitrogen and oxygen atoms in total. The zero-order valence-corrected chi connectivity index (χ0v) is 11.8. The third kappa shape index (κ3) is 3.80. The van der Waals surface area contributed by atoms with Crippen molar-refractivity contribution in [3.8, 4) is 10.6 Å². The Morgan fingerprint density at radius 3 is 2.83 bits per heavy atom. The molecule has 18 heavy (non-hydrogen) atoms. The van der Waals surface area contributed by atoms with E-state index in [0.29, 0.717) is 0 Å². The summed E-state index contributed by atoms with van der Waals surface area (Å²) in [5.41, 5.74) is 2.01. The van der Waals surface area contributed by atoms with Gasteiger partial charge in [-0.1, -0.05) is 0 Å². The summed E-state index contributed by atoms with van der Waals surface area (Å²) >= 11 is 3.42. The highest BCUT2D eigenvalue weighted by atomic mass is 32.2. The second kappa shape index (κ2) is 6.87. The average Bonchev–Trinajstić information content (AvgIpc) is 2.84. The SMILES string of the molecule is CSCCNCc1csc(-c2ccc(F)cc2)n1. The second-order valence-electron chi connectivity index (χ2n) is 3.82. The van der Waals surface area contributed by atoms with Crippen LogP contribution in [-0.2, 0) is 6.54 Å². The molecule has 1 aromatic heterocycles. The Hall–Kier alpha value is -0.910. The van der Waals surface area contributed by atoms with Crippen LogP contribution in [0.2, 0.25) is 0 Å². The third-order valence-corrected chi connectivity index (χ3v) is 3.98. The minimum atomic E-state index is -0.214. The minimum absolute atomic E-state index is 0.214. The van der Waals surface area contributed by atoms with E-state index >= 15 is 0 Å². The first kappa shape index (κ1) is 13.5. The van der Waals surface area contributed by atoms with Crippen molar-refractivity contribution in [3.63, 3.8) is 0 Å². The van der Waals surface area contributed by atoms with E-state index in [-0.39, 0.29) is 5.82 Å². The van der Waals surface area contributed by atoms with E-state index in [1.807, 2.05) is 17.1 Å². The molecule has 5 heteroatoms. The van der Waals surface area contributed by atoms with Crippen molar-refractivity contribution >= 4 is 23.1 Å². The lowest BCUT2D eigenvalue weighted by Crippen LogP contribution is -2.16. The zero-order valence-electron chi connectivity index (χ0n) is 10.1. The summed E-state index contributed by atoms with van der Waals surface area (Å²) in [6, 6.07) is 6.46. The highest BCUT2D eigenvalue weighted by Crippen LogP contribution is 2.23. The second-order valence-corrected chi connectivity index (χ2v) is 5.66. The van der Waals surface area contributed by atoms with E-state index in [1.54, 1.807) is 23.5 Å². The van der Waals surface area contributed by atoms with Gasteiger partial charge in [0.05, 0.1) is 5.69 Å². The first-order valence-electron chi connectivity index (χ1n) is 5.69. The summed E-state index contributed by atoms with van der Waals surface area (Å²) in [5, 5.41) is 6.33. The number of hydrogen-bond donors (Lipinski definition) is 1. The molecule has 0 radical (unpaired) electrons. The lowest BCUT2D eigenvalue weighted by Gasteiger charge is -2.00. The van der Waals surface area contributed by atoms with Crippen molar-refractivity contribution in [1.82, 2.24) is 10.3 Å². The van der Waals surface area contributed by atoms with Crippen molar-refractivity contribution in [2.45, 2.75) is 6.54 Å². The lowest BCUT2D eigenvalue weighted by molar-refractivity contribution is 0.628. The lowest BCUT2D eigenvalue weighted by atomic mass is 10.2. The van der Waals surface area contributed by atoms with Crippen LogP contribution in [0.1, 0.15) is 5.69 Å². The monoisotopic (exact) mass is 282 g/mol. The molecule has 0 fully saturated rings. The molecule has 2 aromatic rings. The normalized spacial score (nSPS) is 10.8. The smallest absolute Gasteiger partial charge is 0.123 e. The summed E-state index contributed by atoms with van der Waals surface area (Å²) in [4.78, 5) is 4.53. The predicted molar refractivity (Wildman–Crippen MR) is 77.6 cm³/mol. The fourth-order valence-electron chi connectivity index (χ4n) is 1.50. The molecular formula is C13H15FN2S2. The molecule has 0 bridgehead atoms. The Labute approximate surface area is 115 Å². The van der Waals surface area contributed by atoms with Crippen LogP contribution in [0, 0.1) is 5.82 Å². The Bertz CT molecular complexity index is 482. The first-order valence-corrected chi connectivity index (χ1v) is 7.97. The summed E-state index contributed by atoms with van der Waals surface area (Å²) in [5.74, 6) is 0.892. The number of nitrogens with zero attached hydrogens (tertiary/aromatic N) is 1. The van der Waals surface area contributed by atoms with Crippen LogP contribution in [0.15, 0.2) is 29.6 Å². The number of rotatable bonds is 6. The van der Waals surface area contributed by atoms with Crippen molar-refractivity contribution in [1.29, 1.82) is 0 Å². The van der Waals surface area contributed by atoms with Crippen molar-refractivity contribution in [2.75, 3.05) is 18.6 Å². The third-order valence-electron chi connectivity index (χ3n) is 2.43. The van der Waals surface area contributed by atoms with Crippen LogP contribution < -0.4 is 5.32 Å². The quantitative estimate of drug-likeness (QED) is 0.822. The Morgan fingerprint density at radius 1 is 1.33 bits per heavy atom. The minimum Gasteiger partial charge on any atom is -0.310 e. The van der Waals surface area contributed by atoms with Gasteiger partial charge >= 0.3 is 0 Å². The number of hydrogen-bond acceptors (Lipinski definition) is 4. The Morgan fingerprint density at radius 2 is 2.11 bits per heavy atom. The Balaban J connectivity index is 1.95. The molecule has 0 amide bonds. The molecule has 1 aromatic carbocycles. The van der Waals surface area contributed by atoms with Crippen LogP contribution in [-0.4, -0.2) is 23.5 Å². The summed E-state index contributed by atoms with van der Waals surface area (Å²) in [6.07, 6.45) is 2.09. The van der Waals surface area contributed by atoms with Gasteiger partial charge in [-0.25, -0.2) is 9.37 Å². The highest BCUT2D eigenvalue weighted by molar-refractivity contribution is 7.98. The van der Waals surface area contributed by atoms with E-state index in [4.69, 9.17) is 0 Å². The van der Waals surface area contributed by atoms with Gasteiger partial charge < -0.3 is 5.32 Å². The van der Waals surface area contributed by atoms with E-state index < -0.39 is 0 Å². The molecule has 1 heterocycles. The Kier molecular flexibility index (Phi) is 5.16. The molecule has 0 aliphatic carbocycles. The van der Waals surface area contributed by atoms with Crippen LogP contribution >= 0.6 is 23.1 Å². The topological polar surface area (TPSA) is 24.9 Å². The number of benzene rings is 1. The molecule has 0 atom stereocenters. The number of aromatic nitrogens is 1. The maximum absolute atomic E-state index is 12.8. The summed E-state index contributed by atoms with van der Waals surface area (Å²) in [7, 11) is 0. The molecule has 0 saturated carbocycles. The fraction of sp³-hybridized carbons (Fsp3) is 0.308. The molecule has 0 unspecified atom stereocenters. The van der Waals surface area contributed by atoms with Crippen molar-refractivity contribution < 1.29 is 4.39 Å². The molecule has 96 valence electrons. The summed E-state index contributed by atoms with van der Waals surface area (Å²) in [6.45, 7) is 1.78. The van der Waals surface area contributed by atoms with Crippen LogP contribution in [0.4, 0.5) is 4.39 Å². The van der Waals surface area contributed by atoms with Gasteiger partial charge in [-0.15, -0.1) is 11.3 Å². The van der Waals surface area contributed by atoms with Crippen molar-refractivity contribution in [2.24, 2.45) is 0 Å².